The van der Waals surface area contributed by atoms with Crippen molar-refractivity contribution >= 4 is 34.8 Å². The molecule has 0 saturated heterocycles. The number of halogens is 2. The first-order chi connectivity index (χ1) is 14.6. The fourth-order valence-corrected chi connectivity index (χ4v) is 4.80. The molecular weight excluding hydrogens is 419 g/mol. The summed E-state index contributed by atoms with van der Waals surface area (Å²) in [5, 5.41) is 13.9. The van der Waals surface area contributed by atoms with Crippen molar-refractivity contribution in [1.29, 1.82) is 0 Å². The van der Waals surface area contributed by atoms with Crippen LogP contribution in [0.3, 0.4) is 0 Å². The third-order valence-corrected chi connectivity index (χ3v) is 6.74. The molecule has 1 saturated carbocycles. The number of nitrogens with one attached hydrogen (secondary N) is 1. The molecule has 1 aliphatic heterocycles. The molecule has 1 atom stereocenters. The van der Waals surface area contributed by atoms with Gasteiger partial charge in [0.25, 0.3) is 0 Å². The van der Waals surface area contributed by atoms with Gasteiger partial charge in [-0.25, -0.2) is 9.38 Å². The summed E-state index contributed by atoms with van der Waals surface area (Å²) in [5.74, 6) is -0.308. The molecule has 2 aromatic rings. The fraction of sp³-hybridized carbons (Fsp3) is 0.391. The van der Waals surface area contributed by atoms with E-state index in [4.69, 9.17) is 17.3 Å². The summed E-state index contributed by atoms with van der Waals surface area (Å²) in [4.78, 5) is 19.2. The van der Waals surface area contributed by atoms with Crippen LogP contribution < -0.4 is 11.1 Å². The van der Waals surface area contributed by atoms with Gasteiger partial charge in [0, 0.05) is 17.3 Å². The molecular formula is C23H26ClFN4O2. The SMILES string of the molecule is CCC1(O)CC(N2C(=O)C[C@@](C)(c3cccc(Nc4ccc(F)cc4)c3Cl)N=C2N)C1. The molecule has 2 aliphatic rings. The number of rotatable bonds is 5. The van der Waals surface area contributed by atoms with Gasteiger partial charge in [0.1, 0.15) is 5.82 Å². The number of nitrogens with zero attached hydrogens (tertiary/aromatic N) is 2. The van der Waals surface area contributed by atoms with E-state index in [0.29, 0.717) is 41.2 Å². The molecule has 0 bridgehead atoms. The number of hydrogen-bond acceptors (Lipinski definition) is 5. The highest BCUT2D eigenvalue weighted by Gasteiger charge is 2.49. The molecule has 1 heterocycles. The van der Waals surface area contributed by atoms with E-state index in [0.717, 1.165) is 0 Å². The minimum Gasteiger partial charge on any atom is -0.390 e. The van der Waals surface area contributed by atoms with Crippen LogP contribution in [0.4, 0.5) is 15.8 Å². The Bertz CT molecular complexity index is 1040. The van der Waals surface area contributed by atoms with Crippen molar-refractivity contribution in [1.82, 2.24) is 4.90 Å². The van der Waals surface area contributed by atoms with Crippen molar-refractivity contribution in [2.24, 2.45) is 10.7 Å². The van der Waals surface area contributed by atoms with E-state index in [9.17, 15) is 14.3 Å². The van der Waals surface area contributed by atoms with Crippen LogP contribution >= 0.6 is 11.6 Å². The number of benzene rings is 2. The van der Waals surface area contributed by atoms with Gasteiger partial charge < -0.3 is 16.2 Å². The Kier molecular flexibility index (Phi) is 5.43. The summed E-state index contributed by atoms with van der Waals surface area (Å²) < 4.78 is 13.2. The van der Waals surface area contributed by atoms with Gasteiger partial charge in [-0.1, -0.05) is 30.7 Å². The quantitative estimate of drug-likeness (QED) is 0.641. The Morgan fingerprint density at radius 3 is 2.58 bits per heavy atom. The standard InChI is InChI=1S/C23H26ClFN4O2/c1-3-23(31)11-16(12-23)29-19(30)13-22(2,28-21(29)26)17-5-4-6-18(20(17)24)27-15-9-7-14(25)8-10-15/h4-10,16,27,31H,3,11-13H2,1-2H3,(H2,26,28)/t16?,22-,23?/m0/s1. The molecule has 0 aromatic heterocycles. The highest BCUT2D eigenvalue weighted by atomic mass is 35.5. The lowest BCUT2D eigenvalue weighted by atomic mass is 9.73. The van der Waals surface area contributed by atoms with Crippen LogP contribution in [0.1, 0.15) is 45.1 Å². The first kappa shape index (κ1) is 21.6. The summed E-state index contributed by atoms with van der Waals surface area (Å²) in [6, 6.07) is 11.3. The Balaban J connectivity index is 1.60. The predicted molar refractivity (Wildman–Crippen MR) is 120 cm³/mol. The van der Waals surface area contributed by atoms with Gasteiger partial charge in [-0.2, -0.15) is 0 Å². The lowest BCUT2D eigenvalue weighted by Crippen LogP contribution is -2.62. The van der Waals surface area contributed by atoms with Crippen LogP contribution in [0, 0.1) is 5.82 Å². The zero-order chi connectivity index (χ0) is 22.4. The molecule has 4 N–H and O–H groups in total. The number of carbonyl (C=O) groups is 1. The van der Waals surface area contributed by atoms with Crippen LogP contribution in [-0.2, 0) is 10.3 Å². The number of carbonyl (C=O) groups excluding carboxylic acids is 1. The van der Waals surface area contributed by atoms with Crippen molar-refractivity contribution in [2.75, 3.05) is 5.32 Å². The van der Waals surface area contributed by atoms with E-state index in [1.165, 1.54) is 17.0 Å². The van der Waals surface area contributed by atoms with E-state index in [1.807, 2.05) is 32.0 Å². The zero-order valence-electron chi connectivity index (χ0n) is 17.5. The summed E-state index contributed by atoms with van der Waals surface area (Å²) in [6.07, 6.45) is 1.76. The first-order valence-corrected chi connectivity index (χ1v) is 10.7. The Hall–Kier alpha value is -2.64. The second-order valence-corrected chi connectivity index (χ2v) is 9.00. The van der Waals surface area contributed by atoms with Crippen LogP contribution in [-0.4, -0.2) is 33.5 Å². The van der Waals surface area contributed by atoms with E-state index in [2.05, 4.69) is 10.3 Å². The van der Waals surface area contributed by atoms with Crippen LogP contribution in [0.15, 0.2) is 47.5 Å². The number of hydrogen-bond donors (Lipinski definition) is 3. The normalized spacial score (nSPS) is 28.2. The number of guanidine groups is 1. The van der Waals surface area contributed by atoms with E-state index >= 15 is 0 Å². The molecule has 2 aromatic carbocycles. The van der Waals surface area contributed by atoms with Crippen molar-refractivity contribution in [3.63, 3.8) is 0 Å². The molecule has 0 spiro atoms. The van der Waals surface area contributed by atoms with Gasteiger partial charge in [-0.3, -0.25) is 9.69 Å². The van der Waals surface area contributed by atoms with E-state index in [-0.39, 0.29) is 30.1 Å². The van der Waals surface area contributed by atoms with Crippen molar-refractivity contribution in [3.8, 4) is 0 Å². The Morgan fingerprint density at radius 2 is 1.97 bits per heavy atom. The smallest absolute Gasteiger partial charge is 0.232 e. The predicted octanol–water partition coefficient (Wildman–Crippen LogP) is 4.29. The summed E-state index contributed by atoms with van der Waals surface area (Å²) in [7, 11) is 0. The number of anilines is 2. The lowest BCUT2D eigenvalue weighted by molar-refractivity contribution is -0.140. The maximum atomic E-state index is 13.2. The molecule has 31 heavy (non-hydrogen) atoms. The molecule has 1 aliphatic carbocycles. The molecule has 6 nitrogen and oxygen atoms in total. The average Bonchev–Trinajstić information content (AvgIpc) is 2.69. The average molecular weight is 445 g/mol. The molecule has 4 rings (SSSR count). The summed E-state index contributed by atoms with van der Waals surface area (Å²) >= 11 is 6.70. The largest absolute Gasteiger partial charge is 0.390 e. The van der Waals surface area contributed by atoms with Crippen molar-refractivity contribution in [3.05, 3.63) is 58.9 Å². The maximum Gasteiger partial charge on any atom is 0.232 e. The minimum absolute atomic E-state index is 0.120. The Morgan fingerprint density at radius 1 is 1.29 bits per heavy atom. The second kappa shape index (κ2) is 7.80. The second-order valence-electron chi connectivity index (χ2n) is 8.62. The molecule has 164 valence electrons. The highest BCUT2D eigenvalue weighted by Crippen LogP contribution is 2.44. The van der Waals surface area contributed by atoms with E-state index < -0.39 is 11.1 Å². The lowest BCUT2D eigenvalue weighted by Gasteiger charge is -2.49. The zero-order valence-corrected chi connectivity index (χ0v) is 18.3. The summed E-state index contributed by atoms with van der Waals surface area (Å²) in [6.45, 7) is 3.76. The van der Waals surface area contributed by atoms with E-state index in [1.54, 1.807) is 12.1 Å². The maximum absolute atomic E-state index is 13.2. The van der Waals surface area contributed by atoms with Crippen molar-refractivity contribution in [2.45, 2.75) is 56.7 Å². The van der Waals surface area contributed by atoms with Crippen LogP contribution in [0.5, 0.6) is 0 Å². The molecule has 0 unspecified atom stereocenters. The highest BCUT2D eigenvalue weighted by molar-refractivity contribution is 6.34. The van der Waals surface area contributed by atoms with Crippen molar-refractivity contribution < 1.29 is 14.3 Å². The number of amides is 1. The third-order valence-electron chi connectivity index (χ3n) is 6.33. The van der Waals surface area contributed by atoms with Crippen LogP contribution in [0.25, 0.3) is 0 Å². The summed E-state index contributed by atoms with van der Waals surface area (Å²) in [5.41, 5.74) is 6.58. The molecule has 1 fully saturated rings. The monoisotopic (exact) mass is 444 g/mol. The van der Waals surface area contributed by atoms with Crippen LogP contribution in [0.2, 0.25) is 5.02 Å². The molecule has 8 heteroatoms. The number of nitrogens with two attached hydrogens (primary N) is 1. The third kappa shape index (κ3) is 4.00. The van der Waals surface area contributed by atoms with Gasteiger partial charge >= 0.3 is 0 Å². The molecule has 0 radical (unpaired) electrons. The topological polar surface area (TPSA) is 91.0 Å². The minimum atomic E-state index is -0.917. The van der Waals surface area contributed by atoms with Gasteiger partial charge in [-0.15, -0.1) is 0 Å². The van der Waals surface area contributed by atoms with Gasteiger partial charge in [-0.05, 0) is 56.5 Å². The van der Waals surface area contributed by atoms with Gasteiger partial charge in [0.15, 0.2) is 5.96 Å². The number of aliphatic hydroxyl groups is 1. The Labute approximate surface area is 185 Å². The fourth-order valence-electron chi connectivity index (χ4n) is 4.42. The molecule has 1 amide bonds. The number of aliphatic imine (C=N–C) groups is 1. The van der Waals surface area contributed by atoms with Gasteiger partial charge in [0.05, 0.1) is 28.3 Å². The first-order valence-electron chi connectivity index (χ1n) is 10.4. The van der Waals surface area contributed by atoms with Gasteiger partial charge in [0.2, 0.25) is 5.91 Å².